The van der Waals surface area contributed by atoms with Gasteiger partial charge in [0, 0.05) is 6.42 Å². The Morgan fingerprint density at radius 1 is 0.957 bits per heavy atom. The number of nitrogens with zero attached hydrogens (tertiary/aromatic N) is 1. The van der Waals surface area contributed by atoms with Crippen LogP contribution in [0.15, 0.2) is 54.6 Å². The van der Waals surface area contributed by atoms with Crippen molar-refractivity contribution < 1.29 is 14.4 Å². The molecule has 5 heteroatoms. The topological polar surface area (TPSA) is 78.3 Å². The molecule has 5 nitrogen and oxygen atoms in total. The number of imide groups is 1. The van der Waals surface area contributed by atoms with Crippen LogP contribution in [0.3, 0.4) is 0 Å². The SMILES string of the molecule is N=CC(=O)[C@H](Cc1ccccc1)N1C(=O)c2ccccc2C1=O. The normalized spacial score (nSPS) is 14.5. The summed E-state index contributed by atoms with van der Waals surface area (Å²) < 4.78 is 0. The van der Waals surface area contributed by atoms with Crippen molar-refractivity contribution in [3.8, 4) is 0 Å². The Morgan fingerprint density at radius 3 is 2.00 bits per heavy atom. The second kappa shape index (κ2) is 5.96. The Kier molecular flexibility index (Phi) is 3.85. The van der Waals surface area contributed by atoms with Crippen LogP contribution < -0.4 is 0 Å². The van der Waals surface area contributed by atoms with Gasteiger partial charge in [0.15, 0.2) is 5.78 Å². The summed E-state index contributed by atoms with van der Waals surface area (Å²) in [5.41, 5.74) is 1.42. The van der Waals surface area contributed by atoms with E-state index in [1.165, 1.54) is 0 Å². The van der Waals surface area contributed by atoms with Crippen LogP contribution in [0, 0.1) is 5.41 Å². The number of carbonyl (C=O) groups is 3. The molecule has 2 amide bonds. The van der Waals surface area contributed by atoms with Gasteiger partial charge >= 0.3 is 0 Å². The summed E-state index contributed by atoms with van der Waals surface area (Å²) in [5, 5.41) is 7.24. The molecule has 0 bridgehead atoms. The molecule has 1 aliphatic heterocycles. The molecule has 0 saturated heterocycles. The second-order valence-corrected chi connectivity index (χ2v) is 5.28. The summed E-state index contributed by atoms with van der Waals surface area (Å²) in [5.74, 6) is -1.54. The van der Waals surface area contributed by atoms with E-state index in [9.17, 15) is 14.4 Å². The first-order valence-corrected chi connectivity index (χ1v) is 7.18. The Morgan fingerprint density at radius 2 is 1.48 bits per heavy atom. The van der Waals surface area contributed by atoms with E-state index >= 15 is 0 Å². The average Bonchev–Trinajstić information content (AvgIpc) is 2.85. The number of nitrogens with one attached hydrogen (secondary N) is 1. The van der Waals surface area contributed by atoms with E-state index in [1.807, 2.05) is 30.3 Å². The van der Waals surface area contributed by atoms with E-state index in [4.69, 9.17) is 5.41 Å². The Labute approximate surface area is 133 Å². The fourth-order valence-corrected chi connectivity index (χ4v) is 2.74. The predicted octanol–water partition coefficient (Wildman–Crippen LogP) is 2.11. The minimum absolute atomic E-state index is 0.195. The summed E-state index contributed by atoms with van der Waals surface area (Å²) >= 11 is 0. The van der Waals surface area contributed by atoms with Crippen LogP contribution in [0.5, 0.6) is 0 Å². The zero-order chi connectivity index (χ0) is 16.4. The lowest BCUT2D eigenvalue weighted by Gasteiger charge is -2.23. The molecule has 0 unspecified atom stereocenters. The van der Waals surface area contributed by atoms with Gasteiger partial charge in [-0.3, -0.25) is 19.3 Å². The van der Waals surface area contributed by atoms with Gasteiger partial charge in [0.1, 0.15) is 6.04 Å². The number of hydrogen-bond donors (Lipinski definition) is 1. The van der Waals surface area contributed by atoms with E-state index in [1.54, 1.807) is 24.3 Å². The van der Waals surface area contributed by atoms with Crippen molar-refractivity contribution in [2.75, 3.05) is 0 Å². The predicted molar refractivity (Wildman–Crippen MR) is 84.7 cm³/mol. The fourth-order valence-electron chi connectivity index (χ4n) is 2.74. The fraction of sp³-hybridized carbons (Fsp3) is 0.111. The highest BCUT2D eigenvalue weighted by molar-refractivity contribution is 6.32. The molecule has 0 fully saturated rings. The van der Waals surface area contributed by atoms with Crippen molar-refractivity contribution in [2.45, 2.75) is 12.5 Å². The van der Waals surface area contributed by atoms with Crippen molar-refractivity contribution in [1.29, 1.82) is 5.41 Å². The highest BCUT2D eigenvalue weighted by Crippen LogP contribution is 2.26. The van der Waals surface area contributed by atoms with Crippen LogP contribution in [0.25, 0.3) is 0 Å². The van der Waals surface area contributed by atoms with Gasteiger partial charge < -0.3 is 5.41 Å². The first kappa shape index (κ1) is 14.8. The first-order chi connectivity index (χ1) is 11.1. The molecule has 1 heterocycles. The van der Waals surface area contributed by atoms with E-state index < -0.39 is 23.6 Å². The number of rotatable bonds is 5. The largest absolute Gasteiger partial charge is 0.305 e. The molecular formula is C18H14N2O3. The molecule has 0 radical (unpaired) electrons. The highest BCUT2D eigenvalue weighted by atomic mass is 16.2. The lowest BCUT2D eigenvalue weighted by molar-refractivity contribution is -0.116. The van der Waals surface area contributed by atoms with Crippen molar-refractivity contribution in [3.63, 3.8) is 0 Å². The summed E-state index contributed by atoms with van der Waals surface area (Å²) in [4.78, 5) is 38.2. The minimum Gasteiger partial charge on any atom is -0.305 e. The molecule has 0 aromatic heterocycles. The van der Waals surface area contributed by atoms with Gasteiger partial charge in [0.2, 0.25) is 0 Å². The lowest BCUT2D eigenvalue weighted by Crippen LogP contribution is -2.46. The van der Waals surface area contributed by atoms with Crippen LogP contribution in [0.1, 0.15) is 26.3 Å². The van der Waals surface area contributed by atoms with Crippen molar-refractivity contribution in [1.82, 2.24) is 4.90 Å². The molecule has 23 heavy (non-hydrogen) atoms. The number of amides is 2. The molecule has 0 saturated carbocycles. The molecular weight excluding hydrogens is 292 g/mol. The molecule has 0 aliphatic carbocycles. The maximum absolute atomic E-state index is 12.5. The summed E-state index contributed by atoms with van der Waals surface area (Å²) in [6.07, 6.45) is 0.859. The first-order valence-electron chi connectivity index (χ1n) is 7.18. The number of benzene rings is 2. The van der Waals surface area contributed by atoms with Gasteiger partial charge in [0.25, 0.3) is 11.8 Å². The van der Waals surface area contributed by atoms with Gasteiger partial charge in [-0.05, 0) is 17.7 Å². The summed E-state index contributed by atoms with van der Waals surface area (Å²) in [6.45, 7) is 0. The third-order valence-corrected chi connectivity index (χ3v) is 3.88. The van der Waals surface area contributed by atoms with Gasteiger partial charge in [-0.1, -0.05) is 42.5 Å². The molecule has 1 atom stereocenters. The number of carbonyl (C=O) groups excluding carboxylic acids is 3. The number of Topliss-reactive ketones (excluding diaryl/α,β-unsaturated/α-hetero) is 1. The Hall–Kier alpha value is -3.08. The molecule has 1 N–H and O–H groups in total. The van der Waals surface area contributed by atoms with Gasteiger partial charge in [-0.15, -0.1) is 0 Å². The quantitative estimate of drug-likeness (QED) is 0.679. The maximum atomic E-state index is 12.5. The lowest BCUT2D eigenvalue weighted by atomic mass is 10.0. The van der Waals surface area contributed by atoms with Crippen molar-refractivity contribution in [3.05, 3.63) is 71.3 Å². The Bertz CT molecular complexity index is 764. The third kappa shape index (κ3) is 2.57. The summed E-state index contributed by atoms with van der Waals surface area (Å²) in [7, 11) is 0. The van der Waals surface area contributed by atoms with E-state index in [-0.39, 0.29) is 6.42 Å². The minimum atomic E-state index is -0.998. The zero-order valence-corrected chi connectivity index (χ0v) is 12.2. The second-order valence-electron chi connectivity index (χ2n) is 5.28. The molecule has 1 aliphatic rings. The Balaban J connectivity index is 1.98. The standard InChI is InChI=1S/C18H14N2O3/c19-11-16(21)15(10-12-6-2-1-3-7-12)20-17(22)13-8-4-5-9-14(13)18(20)23/h1-9,11,15,19H,10H2/t15-/m0/s1. The van der Waals surface area contributed by atoms with E-state index in [0.717, 1.165) is 10.5 Å². The van der Waals surface area contributed by atoms with Gasteiger partial charge in [0.05, 0.1) is 17.3 Å². The van der Waals surface area contributed by atoms with E-state index in [0.29, 0.717) is 17.3 Å². The van der Waals surface area contributed by atoms with E-state index in [2.05, 4.69) is 0 Å². The van der Waals surface area contributed by atoms with Crippen molar-refractivity contribution >= 4 is 23.8 Å². The number of hydrogen-bond acceptors (Lipinski definition) is 4. The summed E-state index contributed by atoms with van der Waals surface area (Å²) in [6, 6.07) is 14.6. The number of ketones is 1. The molecule has 2 aromatic rings. The highest BCUT2D eigenvalue weighted by Gasteiger charge is 2.41. The molecule has 0 spiro atoms. The van der Waals surface area contributed by atoms with Crippen LogP contribution in [0.2, 0.25) is 0 Å². The molecule has 114 valence electrons. The average molecular weight is 306 g/mol. The zero-order valence-electron chi connectivity index (χ0n) is 12.2. The van der Waals surface area contributed by atoms with Crippen LogP contribution in [-0.2, 0) is 11.2 Å². The van der Waals surface area contributed by atoms with Gasteiger partial charge in [-0.2, -0.15) is 0 Å². The van der Waals surface area contributed by atoms with Crippen molar-refractivity contribution in [2.24, 2.45) is 0 Å². The molecule has 2 aromatic carbocycles. The van der Waals surface area contributed by atoms with Crippen LogP contribution in [-0.4, -0.2) is 34.8 Å². The molecule has 3 rings (SSSR count). The monoisotopic (exact) mass is 306 g/mol. The maximum Gasteiger partial charge on any atom is 0.262 e. The van der Waals surface area contributed by atoms with Gasteiger partial charge in [-0.25, -0.2) is 0 Å². The third-order valence-electron chi connectivity index (χ3n) is 3.88. The van der Waals surface area contributed by atoms with Crippen LogP contribution in [0.4, 0.5) is 0 Å². The van der Waals surface area contributed by atoms with Crippen LogP contribution >= 0.6 is 0 Å². The number of fused-ring (bicyclic) bond motifs is 1. The smallest absolute Gasteiger partial charge is 0.262 e.